The molecule has 1 heterocycles. The van der Waals surface area contributed by atoms with Crippen LogP contribution in [0.2, 0.25) is 0 Å². The Balaban J connectivity index is 1.76. The molecule has 35 heavy (non-hydrogen) atoms. The highest BCUT2D eigenvalue weighted by molar-refractivity contribution is 7.89. The van der Waals surface area contributed by atoms with Crippen LogP contribution >= 0.6 is 0 Å². The topological polar surface area (TPSA) is 110 Å². The molecule has 0 spiro atoms. The largest absolute Gasteiger partial charge is 0.372 e. The quantitative estimate of drug-likeness (QED) is 0.368. The van der Waals surface area contributed by atoms with E-state index in [2.05, 4.69) is 19.2 Å². The van der Waals surface area contributed by atoms with Crippen LogP contribution < -0.4 is 10.0 Å². The van der Waals surface area contributed by atoms with Gasteiger partial charge in [0, 0.05) is 23.8 Å². The van der Waals surface area contributed by atoms with Crippen LogP contribution in [0.1, 0.15) is 38.4 Å². The van der Waals surface area contributed by atoms with Crippen LogP contribution in [-0.4, -0.2) is 49.8 Å². The predicted octanol–water partition coefficient (Wildman–Crippen LogP) is 3.72. The summed E-state index contributed by atoms with van der Waals surface area (Å²) in [4.78, 5) is 21.5. The molecule has 2 aromatic carbocycles. The minimum absolute atomic E-state index is 0.0665. The van der Waals surface area contributed by atoms with Crippen LogP contribution in [-0.2, 0) is 19.6 Å². The van der Waals surface area contributed by atoms with E-state index in [-0.39, 0.29) is 18.7 Å². The van der Waals surface area contributed by atoms with E-state index in [0.717, 1.165) is 34.5 Å². The molecule has 8 nitrogen and oxygen atoms in total. The second-order valence-electron chi connectivity index (χ2n) is 8.59. The molecule has 1 aromatic heterocycles. The molecule has 0 bridgehead atoms. The first-order valence-electron chi connectivity index (χ1n) is 11.5. The molecule has 3 rings (SSSR count). The molecule has 1 amide bonds. The Morgan fingerprint density at radius 2 is 1.57 bits per heavy atom. The van der Waals surface area contributed by atoms with Crippen molar-refractivity contribution in [3.8, 4) is 22.5 Å². The van der Waals surface area contributed by atoms with E-state index in [1.165, 1.54) is 0 Å². The van der Waals surface area contributed by atoms with Gasteiger partial charge in [-0.25, -0.2) is 13.4 Å². The number of hydrogen-bond donors (Lipinski definition) is 2. The van der Waals surface area contributed by atoms with Gasteiger partial charge in [0.1, 0.15) is 6.61 Å². The Bertz CT molecular complexity index is 1200. The highest BCUT2D eigenvalue weighted by Gasteiger charge is 2.19. The van der Waals surface area contributed by atoms with Crippen molar-refractivity contribution < 1.29 is 17.9 Å². The normalized spacial score (nSPS) is 12.5. The summed E-state index contributed by atoms with van der Waals surface area (Å²) >= 11 is 0. The lowest BCUT2D eigenvalue weighted by Crippen LogP contribution is -2.32. The summed E-state index contributed by atoms with van der Waals surface area (Å²) in [7, 11) is -3.58. The third-order valence-electron chi connectivity index (χ3n) is 5.09. The number of nitrogens with one attached hydrogen (secondary N) is 2. The zero-order valence-corrected chi connectivity index (χ0v) is 21.1. The van der Waals surface area contributed by atoms with Gasteiger partial charge in [-0.15, -0.1) is 0 Å². The maximum atomic E-state index is 11.6. The molecule has 2 N–H and O–H groups in total. The van der Waals surface area contributed by atoms with Gasteiger partial charge in [0.2, 0.25) is 10.0 Å². The average Bonchev–Trinajstić information content (AvgIpc) is 2.82. The van der Waals surface area contributed by atoms with Crippen molar-refractivity contribution in [3.63, 3.8) is 0 Å². The van der Waals surface area contributed by atoms with Gasteiger partial charge in [-0.3, -0.25) is 14.5 Å². The molecule has 1 unspecified atom stereocenters. The summed E-state index contributed by atoms with van der Waals surface area (Å²) in [6.45, 7) is 4.15. The van der Waals surface area contributed by atoms with Crippen molar-refractivity contribution in [2.24, 2.45) is 0 Å². The van der Waals surface area contributed by atoms with Gasteiger partial charge in [0.15, 0.2) is 0 Å². The van der Waals surface area contributed by atoms with Gasteiger partial charge in [0.25, 0.3) is 5.91 Å². The van der Waals surface area contributed by atoms with E-state index >= 15 is 0 Å². The van der Waals surface area contributed by atoms with Crippen LogP contribution in [0.15, 0.2) is 66.9 Å². The van der Waals surface area contributed by atoms with Crippen LogP contribution in [0.5, 0.6) is 0 Å². The molecule has 0 saturated carbocycles. The lowest BCUT2D eigenvalue weighted by atomic mass is 10.0. The Morgan fingerprint density at radius 1 is 0.971 bits per heavy atom. The Kier molecular flexibility index (Phi) is 9.47. The first-order valence-corrected chi connectivity index (χ1v) is 13.4. The number of aromatic nitrogens is 2. The fraction of sp³-hybridized carbons (Fsp3) is 0.346. The molecule has 186 valence electrons. The number of ether oxygens (including phenoxy) is 1. The maximum absolute atomic E-state index is 11.6. The molecule has 9 heteroatoms. The highest BCUT2D eigenvalue weighted by atomic mass is 32.2. The lowest BCUT2D eigenvalue weighted by Gasteiger charge is -2.22. The minimum Gasteiger partial charge on any atom is -0.372 e. The summed E-state index contributed by atoms with van der Waals surface area (Å²) in [5.41, 5.74) is 4.46. The number of sulfonamides is 1. The Hall–Kier alpha value is -3.14. The number of carbonyl (C=O) groups is 1. The van der Waals surface area contributed by atoms with Crippen LogP contribution in [0.4, 0.5) is 0 Å². The summed E-state index contributed by atoms with van der Waals surface area (Å²) in [5, 5.41) is 3.55. The molecule has 0 fully saturated rings. The van der Waals surface area contributed by atoms with Crippen molar-refractivity contribution in [2.45, 2.75) is 38.8 Å². The Labute approximate surface area is 207 Å². The number of carbonyl (C=O) groups excluding carboxylic acids is 1. The van der Waals surface area contributed by atoms with Gasteiger partial charge < -0.3 is 10.1 Å². The van der Waals surface area contributed by atoms with Gasteiger partial charge in [-0.1, -0.05) is 74.5 Å². The zero-order valence-electron chi connectivity index (χ0n) is 20.3. The number of rotatable bonds is 12. The van der Waals surface area contributed by atoms with Gasteiger partial charge >= 0.3 is 0 Å². The van der Waals surface area contributed by atoms with Crippen LogP contribution in [0.3, 0.4) is 0 Å². The molecule has 3 aromatic rings. The second-order valence-corrected chi connectivity index (χ2v) is 10.3. The van der Waals surface area contributed by atoms with Crippen molar-refractivity contribution in [3.05, 3.63) is 72.6 Å². The SMILES string of the molecule is CC(C)NC(CCCOCC(=O)NS(C)(=O)=O)c1cnc(-c2ccccc2)c(-c2ccccc2)n1. The van der Waals surface area contributed by atoms with E-state index in [9.17, 15) is 13.2 Å². The first-order chi connectivity index (χ1) is 16.7. The molecule has 0 radical (unpaired) electrons. The van der Waals surface area contributed by atoms with Crippen molar-refractivity contribution in [1.29, 1.82) is 0 Å². The van der Waals surface area contributed by atoms with E-state index in [1.807, 2.05) is 71.6 Å². The molecule has 0 aliphatic rings. The predicted molar refractivity (Wildman–Crippen MR) is 137 cm³/mol. The number of nitrogens with zero attached hydrogens (tertiary/aromatic N) is 2. The molecular weight excluding hydrogens is 464 g/mol. The molecule has 1 atom stereocenters. The van der Waals surface area contributed by atoms with E-state index in [4.69, 9.17) is 14.7 Å². The van der Waals surface area contributed by atoms with E-state index < -0.39 is 15.9 Å². The zero-order chi connectivity index (χ0) is 25.3. The maximum Gasteiger partial charge on any atom is 0.259 e. The van der Waals surface area contributed by atoms with Gasteiger partial charge in [0.05, 0.1) is 35.6 Å². The molecule has 0 saturated heterocycles. The minimum atomic E-state index is -3.58. The number of benzene rings is 2. The van der Waals surface area contributed by atoms with Crippen molar-refractivity contribution in [2.75, 3.05) is 19.5 Å². The average molecular weight is 497 g/mol. The van der Waals surface area contributed by atoms with E-state index in [0.29, 0.717) is 19.4 Å². The fourth-order valence-corrected chi connectivity index (χ4v) is 4.16. The fourth-order valence-electron chi connectivity index (χ4n) is 3.68. The summed E-state index contributed by atoms with van der Waals surface area (Å²) < 4.78 is 29.5. The highest BCUT2D eigenvalue weighted by Crippen LogP contribution is 2.30. The molecule has 0 aliphatic carbocycles. The van der Waals surface area contributed by atoms with Crippen molar-refractivity contribution >= 4 is 15.9 Å². The van der Waals surface area contributed by atoms with Gasteiger partial charge in [-0.2, -0.15) is 0 Å². The monoisotopic (exact) mass is 496 g/mol. The third-order valence-corrected chi connectivity index (χ3v) is 5.69. The first kappa shape index (κ1) is 26.5. The molecular formula is C26H32N4O4S. The molecule has 0 aliphatic heterocycles. The van der Waals surface area contributed by atoms with Crippen LogP contribution in [0.25, 0.3) is 22.5 Å². The summed E-state index contributed by atoms with van der Waals surface area (Å²) in [6, 6.07) is 20.2. The number of hydrogen-bond acceptors (Lipinski definition) is 7. The smallest absolute Gasteiger partial charge is 0.259 e. The van der Waals surface area contributed by atoms with Crippen molar-refractivity contribution in [1.82, 2.24) is 20.0 Å². The summed E-state index contributed by atoms with van der Waals surface area (Å²) in [5.74, 6) is -0.681. The standard InChI is InChI=1S/C26H32N4O4S/c1-19(2)28-22(15-10-16-34-18-24(31)30-35(3,32)33)23-17-27-25(20-11-6-4-7-12-20)26(29-23)21-13-8-5-9-14-21/h4-9,11-14,17,19,22,28H,10,15-16,18H2,1-3H3,(H,30,31). The second kappa shape index (κ2) is 12.5. The van der Waals surface area contributed by atoms with Gasteiger partial charge in [-0.05, 0) is 12.8 Å². The summed E-state index contributed by atoms with van der Waals surface area (Å²) in [6.07, 6.45) is 4.11. The third kappa shape index (κ3) is 8.54. The lowest BCUT2D eigenvalue weighted by molar-refractivity contribution is -0.123. The van der Waals surface area contributed by atoms with E-state index in [1.54, 1.807) is 0 Å². The number of amides is 1. The van der Waals surface area contributed by atoms with Crippen LogP contribution in [0, 0.1) is 0 Å². The Morgan fingerprint density at radius 3 is 2.14 bits per heavy atom.